The molecule has 14 heavy (non-hydrogen) atoms. The zero-order chi connectivity index (χ0) is 10.4. The summed E-state index contributed by atoms with van der Waals surface area (Å²) in [6, 6.07) is 0.834. The van der Waals surface area contributed by atoms with Crippen molar-refractivity contribution < 1.29 is 0 Å². The van der Waals surface area contributed by atoms with Crippen molar-refractivity contribution in [1.82, 2.24) is 5.32 Å². The number of hydrogen-bond acceptors (Lipinski definition) is 1. The predicted octanol–water partition coefficient (Wildman–Crippen LogP) is 3.59. The lowest BCUT2D eigenvalue weighted by atomic mass is 9.93. The standard InChI is InChI=1S/C13H27N/c1-4-11(5-2)7-10-13(14-6-3)12-8-9-12/h11-14H,4-10H2,1-3H3. The van der Waals surface area contributed by atoms with Crippen LogP contribution in [0.15, 0.2) is 0 Å². The van der Waals surface area contributed by atoms with Gasteiger partial charge in [-0.25, -0.2) is 0 Å². The number of hydrogen-bond donors (Lipinski definition) is 1. The van der Waals surface area contributed by atoms with Crippen LogP contribution in [0.25, 0.3) is 0 Å². The summed E-state index contributed by atoms with van der Waals surface area (Å²) in [6.07, 6.45) is 8.51. The monoisotopic (exact) mass is 197 g/mol. The first-order chi connectivity index (χ1) is 6.81. The molecule has 1 rings (SSSR count). The van der Waals surface area contributed by atoms with Crippen LogP contribution in [0.1, 0.15) is 59.3 Å². The van der Waals surface area contributed by atoms with Crippen molar-refractivity contribution in [3.8, 4) is 0 Å². The van der Waals surface area contributed by atoms with Gasteiger partial charge in [-0.1, -0.05) is 33.6 Å². The molecule has 1 aliphatic carbocycles. The van der Waals surface area contributed by atoms with Crippen LogP contribution in [0, 0.1) is 11.8 Å². The van der Waals surface area contributed by atoms with Gasteiger partial charge in [0.15, 0.2) is 0 Å². The van der Waals surface area contributed by atoms with E-state index in [0.717, 1.165) is 24.4 Å². The largest absolute Gasteiger partial charge is 0.314 e. The number of nitrogens with one attached hydrogen (secondary N) is 1. The molecule has 0 radical (unpaired) electrons. The summed E-state index contributed by atoms with van der Waals surface area (Å²) in [7, 11) is 0. The highest BCUT2D eigenvalue weighted by Gasteiger charge is 2.30. The third-order valence-corrected chi connectivity index (χ3v) is 3.70. The van der Waals surface area contributed by atoms with E-state index < -0.39 is 0 Å². The van der Waals surface area contributed by atoms with Crippen molar-refractivity contribution in [2.75, 3.05) is 6.54 Å². The van der Waals surface area contributed by atoms with Gasteiger partial charge in [-0.15, -0.1) is 0 Å². The average Bonchev–Trinajstić information content (AvgIpc) is 3.01. The van der Waals surface area contributed by atoms with Gasteiger partial charge in [-0.3, -0.25) is 0 Å². The predicted molar refractivity (Wildman–Crippen MR) is 63.5 cm³/mol. The maximum Gasteiger partial charge on any atom is 0.00953 e. The van der Waals surface area contributed by atoms with Crippen molar-refractivity contribution in [3.63, 3.8) is 0 Å². The van der Waals surface area contributed by atoms with Crippen LogP contribution in [0.4, 0.5) is 0 Å². The van der Waals surface area contributed by atoms with Gasteiger partial charge in [0.25, 0.3) is 0 Å². The molecule has 0 aromatic rings. The summed E-state index contributed by atoms with van der Waals surface area (Å²) in [4.78, 5) is 0. The molecule has 1 N–H and O–H groups in total. The molecule has 1 heteroatoms. The molecule has 1 aliphatic rings. The van der Waals surface area contributed by atoms with Gasteiger partial charge in [0.2, 0.25) is 0 Å². The molecule has 84 valence electrons. The molecular formula is C13H27N. The second-order valence-electron chi connectivity index (χ2n) is 4.76. The lowest BCUT2D eigenvalue weighted by Crippen LogP contribution is -2.31. The molecule has 0 spiro atoms. The third kappa shape index (κ3) is 4.00. The Hall–Kier alpha value is -0.0400. The normalized spacial score (nSPS) is 18.9. The summed E-state index contributed by atoms with van der Waals surface area (Å²) in [5.41, 5.74) is 0. The average molecular weight is 197 g/mol. The van der Waals surface area contributed by atoms with Crippen molar-refractivity contribution in [3.05, 3.63) is 0 Å². The molecule has 1 fully saturated rings. The molecule has 0 aliphatic heterocycles. The molecule has 0 aromatic heterocycles. The van der Waals surface area contributed by atoms with E-state index in [1.54, 1.807) is 0 Å². The quantitative estimate of drug-likeness (QED) is 0.627. The first-order valence-corrected chi connectivity index (χ1v) is 6.55. The van der Waals surface area contributed by atoms with Gasteiger partial charge in [0.1, 0.15) is 0 Å². The van der Waals surface area contributed by atoms with Gasteiger partial charge < -0.3 is 5.32 Å². The minimum absolute atomic E-state index is 0.834. The Morgan fingerprint density at radius 2 is 1.71 bits per heavy atom. The smallest absolute Gasteiger partial charge is 0.00953 e. The van der Waals surface area contributed by atoms with Crippen LogP contribution in [0.2, 0.25) is 0 Å². The summed E-state index contributed by atoms with van der Waals surface area (Å²) < 4.78 is 0. The third-order valence-electron chi connectivity index (χ3n) is 3.70. The summed E-state index contributed by atoms with van der Waals surface area (Å²) in [6.45, 7) is 8.03. The van der Waals surface area contributed by atoms with E-state index >= 15 is 0 Å². The molecule has 0 heterocycles. The van der Waals surface area contributed by atoms with E-state index in [2.05, 4.69) is 26.1 Å². The van der Waals surface area contributed by atoms with Crippen LogP contribution >= 0.6 is 0 Å². The van der Waals surface area contributed by atoms with Crippen molar-refractivity contribution >= 4 is 0 Å². The van der Waals surface area contributed by atoms with Gasteiger partial charge in [0.05, 0.1) is 0 Å². The second kappa shape index (κ2) is 6.44. The highest BCUT2D eigenvalue weighted by molar-refractivity contribution is 4.86. The summed E-state index contributed by atoms with van der Waals surface area (Å²) in [5, 5.41) is 3.65. The fourth-order valence-corrected chi connectivity index (χ4v) is 2.38. The molecular weight excluding hydrogens is 170 g/mol. The van der Waals surface area contributed by atoms with Gasteiger partial charge in [-0.2, -0.15) is 0 Å². The second-order valence-corrected chi connectivity index (χ2v) is 4.76. The minimum atomic E-state index is 0.834. The minimum Gasteiger partial charge on any atom is -0.314 e. The Kier molecular flexibility index (Phi) is 5.54. The van der Waals surface area contributed by atoms with E-state index in [1.165, 1.54) is 38.5 Å². The van der Waals surface area contributed by atoms with E-state index in [4.69, 9.17) is 0 Å². The SMILES string of the molecule is CCNC(CCC(CC)CC)C1CC1. The Morgan fingerprint density at radius 3 is 2.14 bits per heavy atom. The van der Waals surface area contributed by atoms with Crippen LogP contribution in [0.3, 0.4) is 0 Å². The van der Waals surface area contributed by atoms with E-state index in [1.807, 2.05) is 0 Å². The summed E-state index contributed by atoms with van der Waals surface area (Å²) in [5.74, 6) is 1.99. The maximum absolute atomic E-state index is 3.65. The van der Waals surface area contributed by atoms with E-state index in [-0.39, 0.29) is 0 Å². The molecule has 0 amide bonds. The van der Waals surface area contributed by atoms with Crippen molar-refractivity contribution in [2.24, 2.45) is 11.8 Å². The van der Waals surface area contributed by atoms with Crippen molar-refractivity contribution in [2.45, 2.75) is 65.3 Å². The Morgan fingerprint density at radius 1 is 1.07 bits per heavy atom. The fourth-order valence-electron chi connectivity index (χ4n) is 2.38. The topological polar surface area (TPSA) is 12.0 Å². The maximum atomic E-state index is 3.65. The molecule has 0 bridgehead atoms. The highest BCUT2D eigenvalue weighted by Crippen LogP contribution is 2.35. The zero-order valence-corrected chi connectivity index (χ0v) is 10.2. The van der Waals surface area contributed by atoms with Crippen LogP contribution in [-0.4, -0.2) is 12.6 Å². The molecule has 0 saturated heterocycles. The molecule has 0 aromatic carbocycles. The van der Waals surface area contributed by atoms with Gasteiger partial charge in [-0.05, 0) is 44.1 Å². The zero-order valence-electron chi connectivity index (χ0n) is 10.2. The molecule has 1 atom stereocenters. The van der Waals surface area contributed by atoms with Crippen LogP contribution in [0.5, 0.6) is 0 Å². The van der Waals surface area contributed by atoms with E-state index in [0.29, 0.717) is 0 Å². The summed E-state index contributed by atoms with van der Waals surface area (Å²) >= 11 is 0. The lowest BCUT2D eigenvalue weighted by molar-refractivity contribution is 0.367. The first kappa shape index (κ1) is 12.0. The van der Waals surface area contributed by atoms with Gasteiger partial charge in [0, 0.05) is 6.04 Å². The van der Waals surface area contributed by atoms with Crippen LogP contribution < -0.4 is 5.32 Å². The Balaban J connectivity index is 2.17. The molecule has 1 nitrogen and oxygen atoms in total. The Labute approximate surface area is 89.7 Å². The molecule has 1 unspecified atom stereocenters. The molecule has 1 saturated carbocycles. The van der Waals surface area contributed by atoms with Crippen LogP contribution in [-0.2, 0) is 0 Å². The van der Waals surface area contributed by atoms with E-state index in [9.17, 15) is 0 Å². The first-order valence-electron chi connectivity index (χ1n) is 6.55. The highest BCUT2D eigenvalue weighted by atomic mass is 14.9. The van der Waals surface area contributed by atoms with Gasteiger partial charge >= 0.3 is 0 Å². The lowest BCUT2D eigenvalue weighted by Gasteiger charge is -2.20. The van der Waals surface area contributed by atoms with Crippen molar-refractivity contribution in [1.29, 1.82) is 0 Å². The number of rotatable bonds is 8. The Bertz CT molecular complexity index is 136. The fraction of sp³-hybridized carbons (Fsp3) is 1.00.